The van der Waals surface area contributed by atoms with Crippen LogP contribution in [0, 0.1) is 13.8 Å². The molecule has 0 spiro atoms. The molecule has 3 rings (SSSR count). The molecule has 0 saturated carbocycles. The minimum atomic E-state index is -4.10. The van der Waals surface area contributed by atoms with Gasteiger partial charge >= 0.3 is 20.2 Å². The summed E-state index contributed by atoms with van der Waals surface area (Å²) in [6.45, 7) is 3.68. The first-order valence-electron chi connectivity index (χ1n) is 8.81. The van der Waals surface area contributed by atoms with Gasteiger partial charge in [0.15, 0.2) is 11.5 Å². The van der Waals surface area contributed by atoms with Gasteiger partial charge in [-0.2, -0.15) is 16.8 Å². The minimum Gasteiger partial charge on any atom is -0.493 e. The molecular weight excluding hydrogens is 428 g/mol. The van der Waals surface area contributed by atoms with Crippen molar-refractivity contribution in [2.24, 2.45) is 0 Å². The fourth-order valence-corrected chi connectivity index (χ4v) is 4.38. The maximum Gasteiger partial charge on any atom is 0.339 e. The number of hydrogen-bond acceptors (Lipinski definition) is 7. The molecule has 0 fully saturated rings. The predicted octanol–water partition coefficient (Wildman–Crippen LogP) is 3.85. The zero-order chi connectivity index (χ0) is 21.9. The molecule has 0 aliphatic heterocycles. The molecule has 0 atom stereocenters. The van der Waals surface area contributed by atoms with Crippen LogP contribution < -0.4 is 13.1 Å². The third-order valence-corrected chi connectivity index (χ3v) is 6.67. The summed E-state index contributed by atoms with van der Waals surface area (Å²) in [5.74, 6) is -0.145. The summed E-state index contributed by atoms with van der Waals surface area (Å²) in [6.07, 6.45) is 0. The van der Waals surface area contributed by atoms with Gasteiger partial charge in [-0.05, 0) is 50.2 Å². The van der Waals surface area contributed by atoms with Crippen LogP contribution in [-0.2, 0) is 20.2 Å². The Balaban J connectivity index is 1.86. The number of ether oxygens (including phenoxy) is 1. The van der Waals surface area contributed by atoms with Crippen LogP contribution in [0.3, 0.4) is 0 Å². The van der Waals surface area contributed by atoms with Gasteiger partial charge in [-0.15, -0.1) is 0 Å². The number of aryl methyl sites for hydroxylation is 2. The average Bonchev–Trinajstić information content (AvgIpc) is 2.69. The van der Waals surface area contributed by atoms with Crippen LogP contribution in [0.4, 0.5) is 0 Å². The van der Waals surface area contributed by atoms with Crippen molar-refractivity contribution in [3.8, 4) is 17.2 Å². The van der Waals surface area contributed by atoms with E-state index in [9.17, 15) is 16.8 Å². The summed E-state index contributed by atoms with van der Waals surface area (Å²) < 4.78 is 65.4. The van der Waals surface area contributed by atoms with E-state index in [1.165, 1.54) is 49.6 Å². The lowest BCUT2D eigenvalue weighted by Crippen LogP contribution is -2.11. The van der Waals surface area contributed by atoms with E-state index in [1.807, 2.05) is 13.8 Å². The van der Waals surface area contributed by atoms with Crippen molar-refractivity contribution in [3.63, 3.8) is 0 Å². The zero-order valence-electron chi connectivity index (χ0n) is 16.5. The van der Waals surface area contributed by atoms with Crippen molar-refractivity contribution in [1.82, 2.24) is 0 Å². The van der Waals surface area contributed by atoms with Gasteiger partial charge in [0.05, 0.1) is 7.11 Å². The van der Waals surface area contributed by atoms with Crippen LogP contribution in [0.2, 0.25) is 0 Å². The summed E-state index contributed by atoms with van der Waals surface area (Å²) in [7, 11) is -6.86. The van der Waals surface area contributed by atoms with E-state index in [0.717, 1.165) is 11.1 Å². The molecule has 0 bridgehead atoms. The van der Waals surface area contributed by atoms with E-state index >= 15 is 0 Å². The minimum absolute atomic E-state index is 0.00212. The highest BCUT2D eigenvalue weighted by Gasteiger charge is 2.21. The third kappa shape index (κ3) is 4.92. The Morgan fingerprint density at radius 3 is 1.53 bits per heavy atom. The fourth-order valence-electron chi connectivity index (χ4n) is 2.52. The van der Waals surface area contributed by atoms with Gasteiger partial charge in [0, 0.05) is 6.07 Å². The summed E-state index contributed by atoms with van der Waals surface area (Å²) >= 11 is 0. The topological polar surface area (TPSA) is 96.0 Å². The van der Waals surface area contributed by atoms with Gasteiger partial charge in [-0.1, -0.05) is 35.4 Å². The Bertz CT molecular complexity index is 1250. The summed E-state index contributed by atoms with van der Waals surface area (Å²) in [4.78, 5) is -0.0215. The van der Waals surface area contributed by atoms with Crippen molar-refractivity contribution in [1.29, 1.82) is 0 Å². The lowest BCUT2D eigenvalue weighted by Gasteiger charge is -2.13. The monoisotopic (exact) mass is 448 g/mol. The van der Waals surface area contributed by atoms with Gasteiger partial charge in [0.1, 0.15) is 15.5 Å². The maximum absolute atomic E-state index is 12.5. The molecule has 0 saturated heterocycles. The Kier molecular flexibility index (Phi) is 6.04. The molecule has 0 amide bonds. The maximum atomic E-state index is 12.5. The van der Waals surface area contributed by atoms with E-state index in [1.54, 1.807) is 24.3 Å². The molecule has 0 aliphatic carbocycles. The molecule has 0 N–H and O–H groups in total. The Morgan fingerprint density at radius 1 is 0.600 bits per heavy atom. The van der Waals surface area contributed by atoms with Gasteiger partial charge in [-0.25, -0.2) is 0 Å². The van der Waals surface area contributed by atoms with Crippen LogP contribution in [0.5, 0.6) is 17.2 Å². The molecule has 0 unspecified atom stereocenters. The lowest BCUT2D eigenvalue weighted by molar-refractivity contribution is 0.387. The Morgan fingerprint density at radius 2 is 1.07 bits per heavy atom. The average molecular weight is 449 g/mol. The molecule has 0 radical (unpaired) electrons. The molecule has 3 aromatic rings. The Labute approximate surface area is 176 Å². The summed E-state index contributed by atoms with van der Waals surface area (Å²) in [6, 6.07) is 16.2. The van der Waals surface area contributed by atoms with E-state index in [2.05, 4.69) is 0 Å². The van der Waals surface area contributed by atoms with E-state index in [-0.39, 0.29) is 27.0 Å². The second-order valence-corrected chi connectivity index (χ2v) is 9.61. The smallest absolute Gasteiger partial charge is 0.339 e. The lowest BCUT2D eigenvalue weighted by atomic mass is 10.2. The van der Waals surface area contributed by atoms with Crippen molar-refractivity contribution in [3.05, 3.63) is 77.9 Å². The molecule has 158 valence electrons. The molecule has 7 nitrogen and oxygen atoms in total. The molecule has 0 aliphatic rings. The second-order valence-electron chi connectivity index (χ2n) is 6.51. The number of hydrogen-bond donors (Lipinski definition) is 0. The highest BCUT2D eigenvalue weighted by Crippen LogP contribution is 2.34. The van der Waals surface area contributed by atoms with Crippen LogP contribution in [0.25, 0.3) is 0 Å². The van der Waals surface area contributed by atoms with Gasteiger partial charge in [-0.3, -0.25) is 0 Å². The highest BCUT2D eigenvalue weighted by molar-refractivity contribution is 7.87. The van der Waals surface area contributed by atoms with E-state index in [0.29, 0.717) is 0 Å². The standard InChI is InChI=1S/C21H20O7S2/c1-15-4-9-18(10-5-15)29(22,23)27-17-8-13-20(21(14-17)26-3)28-30(24,25)19-11-6-16(2)7-12-19/h4-14H,1-3H3. The third-order valence-electron chi connectivity index (χ3n) is 4.16. The zero-order valence-corrected chi connectivity index (χ0v) is 18.2. The van der Waals surface area contributed by atoms with Crippen molar-refractivity contribution in [2.75, 3.05) is 7.11 Å². The first kappa shape index (κ1) is 21.7. The van der Waals surface area contributed by atoms with Crippen LogP contribution in [0.15, 0.2) is 76.5 Å². The molecule has 0 aromatic heterocycles. The second kappa shape index (κ2) is 8.37. The first-order valence-corrected chi connectivity index (χ1v) is 11.6. The largest absolute Gasteiger partial charge is 0.493 e. The van der Waals surface area contributed by atoms with Crippen LogP contribution in [-0.4, -0.2) is 23.9 Å². The van der Waals surface area contributed by atoms with Gasteiger partial charge in [0.25, 0.3) is 0 Å². The molecule has 0 heterocycles. The molecule has 3 aromatic carbocycles. The number of methoxy groups -OCH3 is 1. The molecule has 9 heteroatoms. The van der Waals surface area contributed by atoms with Gasteiger partial charge < -0.3 is 13.1 Å². The van der Waals surface area contributed by atoms with Crippen molar-refractivity contribution < 1.29 is 29.9 Å². The SMILES string of the molecule is COc1cc(OS(=O)(=O)c2ccc(C)cc2)ccc1OS(=O)(=O)c1ccc(C)cc1. The normalized spacial score (nSPS) is 11.7. The summed E-state index contributed by atoms with van der Waals surface area (Å²) in [5.41, 5.74) is 1.81. The van der Waals surface area contributed by atoms with E-state index in [4.69, 9.17) is 13.1 Å². The predicted molar refractivity (Wildman–Crippen MR) is 111 cm³/mol. The van der Waals surface area contributed by atoms with Crippen LogP contribution >= 0.6 is 0 Å². The quantitative estimate of drug-likeness (QED) is 0.507. The van der Waals surface area contributed by atoms with Crippen molar-refractivity contribution in [2.45, 2.75) is 23.6 Å². The summed E-state index contributed by atoms with van der Waals surface area (Å²) in [5, 5.41) is 0. The fraction of sp³-hybridized carbons (Fsp3) is 0.143. The highest BCUT2D eigenvalue weighted by atomic mass is 32.2. The Hall–Kier alpha value is -3.04. The number of rotatable bonds is 7. The van der Waals surface area contributed by atoms with Crippen molar-refractivity contribution >= 4 is 20.2 Å². The number of benzene rings is 3. The van der Waals surface area contributed by atoms with Crippen LogP contribution in [0.1, 0.15) is 11.1 Å². The molecular formula is C21H20O7S2. The van der Waals surface area contributed by atoms with E-state index < -0.39 is 20.2 Å². The first-order chi connectivity index (χ1) is 14.1. The molecule has 30 heavy (non-hydrogen) atoms. The van der Waals surface area contributed by atoms with Gasteiger partial charge in [0.2, 0.25) is 0 Å².